The topological polar surface area (TPSA) is 110 Å². The molecule has 0 aliphatic heterocycles. The molecule has 3 aromatic rings. The van der Waals surface area contributed by atoms with Crippen molar-refractivity contribution in [3.63, 3.8) is 0 Å². The highest BCUT2D eigenvalue weighted by Crippen LogP contribution is 2.20. The Bertz CT molecular complexity index is 799. The van der Waals surface area contributed by atoms with E-state index in [9.17, 15) is 4.79 Å². The van der Waals surface area contributed by atoms with Gasteiger partial charge in [-0.3, -0.25) is 9.89 Å². The first-order valence-electron chi connectivity index (χ1n) is 5.65. The van der Waals surface area contributed by atoms with E-state index in [4.69, 9.17) is 5.73 Å². The summed E-state index contributed by atoms with van der Waals surface area (Å²) >= 11 is 3.27. The number of nitrogens with two attached hydrogens (primary N) is 1. The van der Waals surface area contributed by atoms with E-state index in [-0.39, 0.29) is 11.7 Å². The number of nitrogens with zero attached hydrogens (tertiary/aromatic N) is 3. The fraction of sp³-hybridized carbons (Fsp3) is 0. The Hall–Kier alpha value is -2.48. The molecule has 0 aromatic carbocycles. The zero-order chi connectivity index (χ0) is 14.1. The summed E-state index contributed by atoms with van der Waals surface area (Å²) in [6.45, 7) is 0. The summed E-state index contributed by atoms with van der Waals surface area (Å²) < 4.78 is 0.571. The lowest BCUT2D eigenvalue weighted by atomic mass is 10.2. The van der Waals surface area contributed by atoms with Crippen LogP contribution in [0.15, 0.2) is 35.2 Å². The van der Waals surface area contributed by atoms with E-state index in [1.165, 1.54) is 12.3 Å². The standard InChI is InChI=1S/C12H9BrN6O/c13-9-5-15-10(14)2-8(9)12(20)18-7-1-6-3-17-19-11(6)16-4-7/h1-5H,(H2,14,15)(H,18,20)(H,16,17,19). The summed E-state index contributed by atoms with van der Waals surface area (Å²) in [5, 5.41) is 10.2. The Balaban J connectivity index is 1.89. The number of hydrogen-bond donors (Lipinski definition) is 3. The number of H-pyrrole nitrogens is 1. The molecule has 0 aliphatic carbocycles. The highest BCUT2D eigenvalue weighted by Gasteiger charge is 2.12. The Morgan fingerprint density at radius 2 is 2.10 bits per heavy atom. The minimum Gasteiger partial charge on any atom is -0.384 e. The van der Waals surface area contributed by atoms with Crippen molar-refractivity contribution in [3.8, 4) is 0 Å². The van der Waals surface area contributed by atoms with Crippen molar-refractivity contribution in [1.82, 2.24) is 20.2 Å². The quantitative estimate of drug-likeness (QED) is 0.664. The van der Waals surface area contributed by atoms with Gasteiger partial charge in [-0.05, 0) is 28.1 Å². The molecular weight excluding hydrogens is 324 g/mol. The van der Waals surface area contributed by atoms with Crippen molar-refractivity contribution in [2.24, 2.45) is 0 Å². The zero-order valence-electron chi connectivity index (χ0n) is 10.1. The van der Waals surface area contributed by atoms with E-state index in [0.29, 0.717) is 21.4 Å². The molecule has 100 valence electrons. The van der Waals surface area contributed by atoms with Crippen LogP contribution in [0.5, 0.6) is 0 Å². The first kappa shape index (κ1) is 12.5. The molecule has 1 amide bonds. The number of carbonyl (C=O) groups is 1. The van der Waals surface area contributed by atoms with Gasteiger partial charge in [0.2, 0.25) is 0 Å². The fourth-order valence-electron chi connectivity index (χ4n) is 1.73. The van der Waals surface area contributed by atoms with Crippen LogP contribution in [0.2, 0.25) is 0 Å². The van der Waals surface area contributed by atoms with Gasteiger partial charge in [0, 0.05) is 16.1 Å². The summed E-state index contributed by atoms with van der Waals surface area (Å²) in [5.74, 6) is -0.0163. The van der Waals surface area contributed by atoms with E-state index in [2.05, 4.69) is 41.4 Å². The average Bonchev–Trinajstić information content (AvgIpc) is 2.89. The lowest BCUT2D eigenvalue weighted by Crippen LogP contribution is -2.13. The van der Waals surface area contributed by atoms with Gasteiger partial charge in [-0.2, -0.15) is 5.10 Å². The van der Waals surface area contributed by atoms with Crippen LogP contribution >= 0.6 is 15.9 Å². The van der Waals surface area contributed by atoms with Gasteiger partial charge >= 0.3 is 0 Å². The molecule has 4 N–H and O–H groups in total. The molecule has 0 radical (unpaired) electrons. The van der Waals surface area contributed by atoms with Crippen molar-refractivity contribution >= 4 is 44.4 Å². The van der Waals surface area contributed by atoms with Gasteiger partial charge in [-0.25, -0.2) is 9.97 Å². The minimum atomic E-state index is -0.296. The summed E-state index contributed by atoms with van der Waals surface area (Å²) in [6, 6.07) is 3.28. The van der Waals surface area contributed by atoms with Crippen molar-refractivity contribution in [2.75, 3.05) is 11.1 Å². The Morgan fingerprint density at radius 1 is 1.25 bits per heavy atom. The van der Waals surface area contributed by atoms with Gasteiger partial charge in [0.25, 0.3) is 5.91 Å². The van der Waals surface area contributed by atoms with Gasteiger partial charge in [-0.15, -0.1) is 0 Å². The molecule has 0 bridgehead atoms. The molecule has 8 heteroatoms. The van der Waals surface area contributed by atoms with Crippen LogP contribution in [0.4, 0.5) is 11.5 Å². The second-order valence-electron chi connectivity index (χ2n) is 4.07. The number of aromatic amines is 1. The highest BCUT2D eigenvalue weighted by molar-refractivity contribution is 9.10. The number of carbonyl (C=O) groups excluding carboxylic acids is 1. The lowest BCUT2D eigenvalue weighted by Gasteiger charge is -2.07. The molecule has 20 heavy (non-hydrogen) atoms. The van der Waals surface area contributed by atoms with E-state index >= 15 is 0 Å². The average molecular weight is 333 g/mol. The summed E-state index contributed by atoms with van der Waals surface area (Å²) in [7, 11) is 0. The van der Waals surface area contributed by atoms with Crippen LogP contribution in [0.25, 0.3) is 11.0 Å². The molecule has 0 saturated heterocycles. The molecule has 3 rings (SSSR count). The maximum atomic E-state index is 12.2. The molecule has 3 heterocycles. The van der Waals surface area contributed by atoms with Crippen molar-refractivity contribution in [3.05, 3.63) is 40.8 Å². The van der Waals surface area contributed by atoms with E-state index in [1.807, 2.05) is 0 Å². The molecule has 0 aliphatic rings. The molecule has 0 unspecified atom stereocenters. The fourth-order valence-corrected chi connectivity index (χ4v) is 2.13. The summed E-state index contributed by atoms with van der Waals surface area (Å²) in [4.78, 5) is 20.2. The van der Waals surface area contributed by atoms with Gasteiger partial charge in [0.15, 0.2) is 5.65 Å². The third-order valence-electron chi connectivity index (χ3n) is 2.67. The largest absolute Gasteiger partial charge is 0.384 e. The van der Waals surface area contributed by atoms with Crippen LogP contribution in [0.1, 0.15) is 10.4 Å². The number of anilines is 2. The van der Waals surface area contributed by atoms with E-state index < -0.39 is 0 Å². The molecule has 7 nitrogen and oxygen atoms in total. The first-order chi connectivity index (χ1) is 9.63. The van der Waals surface area contributed by atoms with Crippen LogP contribution in [-0.2, 0) is 0 Å². The number of halogens is 1. The van der Waals surface area contributed by atoms with Gasteiger partial charge in [0.05, 0.1) is 23.6 Å². The lowest BCUT2D eigenvalue weighted by molar-refractivity contribution is 0.102. The van der Waals surface area contributed by atoms with E-state index in [1.54, 1.807) is 18.5 Å². The Labute approximate surface area is 121 Å². The number of nitrogens with one attached hydrogen (secondary N) is 2. The highest BCUT2D eigenvalue weighted by atomic mass is 79.9. The minimum absolute atomic E-state index is 0.279. The predicted octanol–water partition coefficient (Wildman–Crippen LogP) is 1.95. The molecule has 0 atom stereocenters. The number of amides is 1. The molecule has 0 spiro atoms. The van der Waals surface area contributed by atoms with Crippen LogP contribution in [0.3, 0.4) is 0 Å². The summed E-state index contributed by atoms with van der Waals surface area (Å²) in [5.41, 5.74) is 7.23. The van der Waals surface area contributed by atoms with Gasteiger partial charge in [0.1, 0.15) is 5.82 Å². The van der Waals surface area contributed by atoms with Crippen molar-refractivity contribution < 1.29 is 4.79 Å². The monoisotopic (exact) mass is 332 g/mol. The van der Waals surface area contributed by atoms with Crippen molar-refractivity contribution in [2.45, 2.75) is 0 Å². The molecule has 0 fully saturated rings. The SMILES string of the molecule is Nc1cc(C(=O)Nc2cnc3[nH]ncc3c2)c(Br)cn1. The molecule has 0 saturated carbocycles. The normalized spacial score (nSPS) is 10.7. The number of nitrogen functional groups attached to an aromatic ring is 1. The molecule has 3 aromatic heterocycles. The smallest absolute Gasteiger partial charge is 0.257 e. The number of aromatic nitrogens is 4. The Kier molecular flexibility index (Phi) is 3.07. The third kappa shape index (κ3) is 2.32. The maximum Gasteiger partial charge on any atom is 0.257 e. The van der Waals surface area contributed by atoms with E-state index in [0.717, 1.165) is 5.39 Å². The predicted molar refractivity (Wildman–Crippen MR) is 78.2 cm³/mol. The first-order valence-corrected chi connectivity index (χ1v) is 6.44. The van der Waals surface area contributed by atoms with Crippen molar-refractivity contribution in [1.29, 1.82) is 0 Å². The summed E-state index contributed by atoms with van der Waals surface area (Å²) in [6.07, 6.45) is 4.68. The van der Waals surface area contributed by atoms with Crippen LogP contribution in [0, 0.1) is 0 Å². The third-order valence-corrected chi connectivity index (χ3v) is 3.30. The van der Waals surface area contributed by atoms with Crippen LogP contribution in [-0.4, -0.2) is 26.1 Å². The number of pyridine rings is 2. The van der Waals surface area contributed by atoms with Crippen LogP contribution < -0.4 is 11.1 Å². The second-order valence-corrected chi connectivity index (χ2v) is 4.93. The number of fused-ring (bicyclic) bond motifs is 1. The number of hydrogen-bond acceptors (Lipinski definition) is 5. The zero-order valence-corrected chi connectivity index (χ0v) is 11.7. The maximum absolute atomic E-state index is 12.2. The second kappa shape index (κ2) is 4.89. The van der Waals surface area contributed by atoms with Gasteiger partial charge < -0.3 is 11.1 Å². The van der Waals surface area contributed by atoms with Gasteiger partial charge in [-0.1, -0.05) is 0 Å². The molecular formula is C12H9BrN6O. The Morgan fingerprint density at radius 3 is 2.95 bits per heavy atom. The number of rotatable bonds is 2.